The largest absolute Gasteiger partial charge is 0.480 e. The van der Waals surface area contributed by atoms with Crippen LogP contribution in [-0.4, -0.2) is 40.9 Å². The molecule has 0 saturated heterocycles. The molecule has 1 fully saturated rings. The van der Waals surface area contributed by atoms with E-state index in [1.165, 1.54) is 0 Å². The molecule has 0 aromatic heterocycles. The number of carboxylic acids is 1. The smallest absolute Gasteiger partial charge is 0.407 e. The Morgan fingerprint density at radius 3 is 2.24 bits per heavy atom. The molecule has 1 aliphatic carbocycles. The molecule has 3 atom stereocenters. The van der Waals surface area contributed by atoms with Crippen LogP contribution in [-0.2, 0) is 9.53 Å². The molecule has 6 nitrogen and oxygen atoms in total. The molecule has 1 rings (SSSR count). The van der Waals surface area contributed by atoms with E-state index in [0.29, 0.717) is 0 Å². The zero-order valence-electron chi connectivity index (χ0n) is 13.4. The molecule has 0 aliphatic heterocycles. The summed E-state index contributed by atoms with van der Waals surface area (Å²) < 4.78 is 5.29. The highest BCUT2D eigenvalue weighted by Crippen LogP contribution is 2.19. The lowest BCUT2D eigenvalue weighted by Crippen LogP contribution is -2.54. The van der Waals surface area contributed by atoms with Gasteiger partial charge in [0.05, 0.1) is 0 Å². The molecule has 0 aromatic rings. The normalized spacial score (nSPS) is 24.8. The number of hydrogen-bond donors (Lipinski definition) is 3. The van der Waals surface area contributed by atoms with Gasteiger partial charge in [-0.3, -0.25) is 10.1 Å². The Bertz CT molecular complexity index is 365. The highest BCUT2D eigenvalue weighted by Gasteiger charge is 2.29. The molecule has 0 heterocycles. The quantitative estimate of drug-likeness (QED) is 0.693. The third-order valence-corrected chi connectivity index (χ3v) is 3.55. The van der Waals surface area contributed by atoms with Gasteiger partial charge in [-0.15, -0.1) is 0 Å². The van der Waals surface area contributed by atoms with Crippen LogP contribution < -0.4 is 10.6 Å². The number of amides is 1. The molecule has 1 saturated carbocycles. The van der Waals surface area contributed by atoms with E-state index in [1.54, 1.807) is 6.92 Å². The Balaban J connectivity index is 2.64. The summed E-state index contributed by atoms with van der Waals surface area (Å²) >= 11 is 0. The molecule has 0 radical (unpaired) electrons. The molecule has 122 valence electrons. The Kier molecular flexibility index (Phi) is 6.45. The van der Waals surface area contributed by atoms with E-state index in [0.717, 1.165) is 32.1 Å². The van der Waals surface area contributed by atoms with E-state index in [4.69, 9.17) is 9.84 Å². The van der Waals surface area contributed by atoms with Gasteiger partial charge >= 0.3 is 12.1 Å². The summed E-state index contributed by atoms with van der Waals surface area (Å²) in [4.78, 5) is 22.9. The molecule has 3 unspecified atom stereocenters. The number of alkyl carbamates (subject to hydrolysis) is 1. The van der Waals surface area contributed by atoms with Crippen LogP contribution in [0.1, 0.15) is 59.8 Å². The molecule has 0 spiro atoms. The summed E-state index contributed by atoms with van der Waals surface area (Å²) in [7, 11) is 0. The van der Waals surface area contributed by atoms with Gasteiger partial charge in [-0.2, -0.15) is 0 Å². The topological polar surface area (TPSA) is 87.7 Å². The van der Waals surface area contributed by atoms with Gasteiger partial charge in [0.1, 0.15) is 11.6 Å². The van der Waals surface area contributed by atoms with Crippen molar-refractivity contribution in [2.24, 2.45) is 0 Å². The first-order valence-electron chi connectivity index (χ1n) is 7.67. The summed E-state index contributed by atoms with van der Waals surface area (Å²) in [5, 5.41) is 15.0. The minimum atomic E-state index is -0.879. The molecule has 0 bridgehead atoms. The van der Waals surface area contributed by atoms with Gasteiger partial charge in [-0.1, -0.05) is 19.3 Å². The summed E-state index contributed by atoms with van der Waals surface area (Å²) in [5.41, 5.74) is -0.536. The lowest BCUT2D eigenvalue weighted by Gasteiger charge is -2.30. The number of ether oxygens (including phenoxy) is 1. The lowest BCUT2D eigenvalue weighted by molar-refractivity contribution is -0.139. The number of aliphatic carboxylic acids is 1. The van der Waals surface area contributed by atoms with Crippen molar-refractivity contribution in [3.8, 4) is 0 Å². The molecular weight excluding hydrogens is 272 g/mol. The summed E-state index contributed by atoms with van der Waals surface area (Å²) in [6.45, 7) is 7.09. The monoisotopic (exact) mass is 300 g/mol. The van der Waals surface area contributed by atoms with Gasteiger partial charge in [0, 0.05) is 12.1 Å². The van der Waals surface area contributed by atoms with Crippen molar-refractivity contribution in [3.05, 3.63) is 0 Å². The predicted octanol–water partition coefficient (Wildman–Crippen LogP) is 2.28. The standard InChI is InChI=1S/C15H28N2O4/c1-10(13(18)19)16-11-8-6-5-7-9-12(11)17-14(20)21-15(2,3)4/h10-12,16H,5-9H2,1-4H3,(H,17,20)(H,18,19). The summed E-state index contributed by atoms with van der Waals surface area (Å²) in [6.07, 6.45) is 4.42. The highest BCUT2D eigenvalue weighted by atomic mass is 16.6. The van der Waals surface area contributed by atoms with Crippen LogP contribution in [0.3, 0.4) is 0 Å². The van der Waals surface area contributed by atoms with Gasteiger partial charge in [-0.05, 0) is 40.5 Å². The van der Waals surface area contributed by atoms with E-state index >= 15 is 0 Å². The van der Waals surface area contributed by atoms with Gasteiger partial charge in [0.15, 0.2) is 0 Å². The third-order valence-electron chi connectivity index (χ3n) is 3.55. The van der Waals surface area contributed by atoms with Gasteiger partial charge in [0.25, 0.3) is 0 Å². The second kappa shape index (κ2) is 7.64. The van der Waals surface area contributed by atoms with Crippen LogP contribution in [0.25, 0.3) is 0 Å². The zero-order chi connectivity index (χ0) is 16.0. The molecular formula is C15H28N2O4. The highest BCUT2D eigenvalue weighted by molar-refractivity contribution is 5.73. The van der Waals surface area contributed by atoms with Crippen molar-refractivity contribution in [3.63, 3.8) is 0 Å². The SMILES string of the molecule is CC(NC1CCCCCC1NC(=O)OC(C)(C)C)C(=O)O. The summed E-state index contributed by atoms with van der Waals surface area (Å²) in [5.74, 6) is -0.879. The maximum Gasteiger partial charge on any atom is 0.407 e. The van der Waals surface area contributed by atoms with E-state index in [-0.39, 0.29) is 12.1 Å². The van der Waals surface area contributed by atoms with E-state index in [1.807, 2.05) is 20.8 Å². The van der Waals surface area contributed by atoms with Crippen LogP contribution in [0.5, 0.6) is 0 Å². The van der Waals surface area contributed by atoms with Crippen molar-refractivity contribution < 1.29 is 19.4 Å². The Morgan fingerprint density at radius 1 is 1.14 bits per heavy atom. The second-order valence-electron chi connectivity index (χ2n) is 6.72. The molecule has 1 amide bonds. The van der Waals surface area contributed by atoms with Gasteiger partial charge in [0.2, 0.25) is 0 Å². The minimum absolute atomic E-state index is 0.0360. The van der Waals surface area contributed by atoms with E-state index in [9.17, 15) is 9.59 Å². The molecule has 1 aliphatic rings. The fourth-order valence-corrected chi connectivity index (χ4v) is 2.53. The number of carboxylic acid groups (broad SMARTS) is 1. The van der Waals surface area contributed by atoms with Gasteiger partial charge < -0.3 is 15.2 Å². The number of hydrogen-bond acceptors (Lipinski definition) is 4. The predicted molar refractivity (Wildman–Crippen MR) is 80.3 cm³/mol. The average Bonchev–Trinajstić information content (AvgIpc) is 2.52. The first kappa shape index (κ1) is 17.8. The second-order valence-corrected chi connectivity index (χ2v) is 6.72. The maximum absolute atomic E-state index is 11.9. The van der Waals surface area contributed by atoms with Crippen LogP contribution in [0.2, 0.25) is 0 Å². The Morgan fingerprint density at radius 2 is 1.71 bits per heavy atom. The lowest BCUT2D eigenvalue weighted by atomic mass is 10.0. The Labute approximate surface area is 126 Å². The minimum Gasteiger partial charge on any atom is -0.480 e. The molecule has 21 heavy (non-hydrogen) atoms. The maximum atomic E-state index is 11.9. The summed E-state index contributed by atoms with van der Waals surface area (Å²) in [6, 6.07) is -0.758. The van der Waals surface area contributed by atoms with E-state index < -0.39 is 23.7 Å². The number of rotatable bonds is 4. The van der Waals surface area contributed by atoms with Crippen LogP contribution in [0.4, 0.5) is 4.79 Å². The first-order chi connectivity index (χ1) is 9.69. The molecule has 3 N–H and O–H groups in total. The number of carbonyl (C=O) groups excluding carboxylic acids is 1. The van der Waals surface area contributed by atoms with Crippen LogP contribution in [0.15, 0.2) is 0 Å². The van der Waals surface area contributed by atoms with Crippen molar-refractivity contribution in [2.75, 3.05) is 0 Å². The van der Waals surface area contributed by atoms with Crippen LogP contribution >= 0.6 is 0 Å². The number of carbonyl (C=O) groups is 2. The van der Waals surface area contributed by atoms with Crippen molar-refractivity contribution in [1.82, 2.24) is 10.6 Å². The van der Waals surface area contributed by atoms with Crippen molar-refractivity contribution in [1.29, 1.82) is 0 Å². The average molecular weight is 300 g/mol. The van der Waals surface area contributed by atoms with Crippen molar-refractivity contribution >= 4 is 12.1 Å². The van der Waals surface area contributed by atoms with E-state index in [2.05, 4.69) is 10.6 Å². The fraction of sp³-hybridized carbons (Fsp3) is 0.867. The zero-order valence-corrected chi connectivity index (χ0v) is 13.4. The Hall–Kier alpha value is -1.30. The molecule has 0 aromatic carbocycles. The number of nitrogens with one attached hydrogen (secondary N) is 2. The van der Waals surface area contributed by atoms with Crippen molar-refractivity contribution in [2.45, 2.75) is 83.5 Å². The van der Waals surface area contributed by atoms with Gasteiger partial charge in [-0.25, -0.2) is 4.79 Å². The fourth-order valence-electron chi connectivity index (χ4n) is 2.53. The van der Waals surface area contributed by atoms with Crippen LogP contribution in [0, 0.1) is 0 Å². The third kappa shape index (κ3) is 6.80. The molecule has 6 heteroatoms. The first-order valence-corrected chi connectivity index (χ1v) is 7.67.